The van der Waals surface area contributed by atoms with E-state index in [4.69, 9.17) is 0 Å². The number of benzene rings is 3. The summed E-state index contributed by atoms with van der Waals surface area (Å²) in [6.07, 6.45) is 0. The van der Waals surface area contributed by atoms with E-state index in [0.29, 0.717) is 5.92 Å². The molecule has 4 rings (SSSR count). The number of alkyl halides is 1. The molecule has 0 bridgehead atoms. The van der Waals surface area contributed by atoms with Crippen LogP contribution in [0.2, 0.25) is 0 Å². The number of rotatable bonds is 1. The maximum Gasteiger partial charge on any atom is 0.101 e. The first-order valence-electron chi connectivity index (χ1n) is 10.6. The van der Waals surface area contributed by atoms with Crippen molar-refractivity contribution in [2.75, 3.05) is 0 Å². The molecule has 0 N–H and O–H groups in total. The lowest BCUT2D eigenvalue weighted by atomic mass is 9.68. The van der Waals surface area contributed by atoms with Crippen molar-refractivity contribution in [2.24, 2.45) is 0 Å². The Bertz CT molecular complexity index is 1090. The highest BCUT2D eigenvalue weighted by molar-refractivity contribution is 9.10. The van der Waals surface area contributed by atoms with Crippen LogP contribution in [0.1, 0.15) is 79.6 Å². The Labute approximate surface area is 184 Å². The van der Waals surface area contributed by atoms with Crippen LogP contribution in [0.15, 0.2) is 36.4 Å². The van der Waals surface area contributed by atoms with Gasteiger partial charge >= 0.3 is 0 Å². The van der Waals surface area contributed by atoms with Crippen LogP contribution < -0.4 is 0 Å². The lowest BCUT2D eigenvalue weighted by molar-refractivity contribution is 0.757. The van der Waals surface area contributed by atoms with Crippen molar-refractivity contribution in [1.29, 1.82) is 0 Å². The molecule has 0 saturated carbocycles. The van der Waals surface area contributed by atoms with Crippen LogP contribution in [0.4, 0.5) is 0 Å². The van der Waals surface area contributed by atoms with Crippen molar-refractivity contribution in [3.8, 4) is 0 Å². The highest BCUT2D eigenvalue weighted by Gasteiger charge is 2.43. The molecule has 3 aromatic rings. The molecule has 0 atom stereocenters. The van der Waals surface area contributed by atoms with E-state index in [1.54, 1.807) is 0 Å². The number of hydrogen-bond donors (Lipinski definition) is 0. The van der Waals surface area contributed by atoms with Gasteiger partial charge in [0.25, 0.3) is 0 Å². The Morgan fingerprint density at radius 2 is 0.862 bits per heavy atom. The second kappa shape index (κ2) is 6.84. The zero-order valence-corrected chi connectivity index (χ0v) is 20.5. The Morgan fingerprint density at radius 3 is 1.31 bits per heavy atom. The minimum atomic E-state index is -0.330. The van der Waals surface area contributed by atoms with Gasteiger partial charge in [-0.3, -0.25) is 0 Å². The number of fused-ring (bicyclic) bond motifs is 2. The van der Waals surface area contributed by atoms with Gasteiger partial charge < -0.3 is 0 Å². The van der Waals surface area contributed by atoms with E-state index in [9.17, 15) is 0 Å². The SMILES string of the molecule is Cc1cc(C)c(C2(Br)c3cc(C)c(C)cc3C(C)c3cc(C)c(C)cc32)cc1C. The third-order valence-corrected chi connectivity index (χ3v) is 8.50. The number of halogens is 1. The molecule has 150 valence electrons. The highest BCUT2D eigenvalue weighted by Crippen LogP contribution is 2.55. The molecule has 0 unspecified atom stereocenters. The van der Waals surface area contributed by atoms with E-state index in [1.165, 1.54) is 66.8 Å². The van der Waals surface area contributed by atoms with Crippen LogP contribution in [-0.2, 0) is 4.32 Å². The summed E-state index contributed by atoms with van der Waals surface area (Å²) in [7, 11) is 0. The van der Waals surface area contributed by atoms with Crippen molar-refractivity contribution in [2.45, 2.75) is 65.6 Å². The normalized spacial score (nSPS) is 20.4. The molecule has 1 aliphatic carbocycles. The smallest absolute Gasteiger partial charge is 0.0695 e. The summed E-state index contributed by atoms with van der Waals surface area (Å²) in [5, 5.41) is 0. The van der Waals surface area contributed by atoms with Gasteiger partial charge in [-0.25, -0.2) is 0 Å². The molecule has 0 aromatic heterocycles. The summed E-state index contributed by atoms with van der Waals surface area (Å²) in [5.74, 6) is 0.385. The largest absolute Gasteiger partial charge is 0.101 e. The average molecular weight is 447 g/mol. The topological polar surface area (TPSA) is 0 Å². The van der Waals surface area contributed by atoms with Crippen LogP contribution in [-0.4, -0.2) is 0 Å². The Hall–Kier alpha value is -1.86. The van der Waals surface area contributed by atoms with Gasteiger partial charge in [0.15, 0.2) is 0 Å². The molecule has 0 heterocycles. The number of hydrogen-bond acceptors (Lipinski definition) is 0. The lowest BCUT2D eigenvalue weighted by Crippen LogP contribution is -2.31. The summed E-state index contributed by atoms with van der Waals surface area (Å²) in [4.78, 5) is 0. The second-order valence-electron chi connectivity index (χ2n) is 9.18. The molecule has 1 aliphatic rings. The summed E-state index contributed by atoms with van der Waals surface area (Å²) in [6.45, 7) is 18.0. The third kappa shape index (κ3) is 2.93. The summed E-state index contributed by atoms with van der Waals surface area (Å²) in [5.41, 5.74) is 16.5. The van der Waals surface area contributed by atoms with Crippen LogP contribution in [0.25, 0.3) is 0 Å². The van der Waals surface area contributed by atoms with E-state index in [1.807, 2.05) is 0 Å². The first-order chi connectivity index (χ1) is 13.6. The monoisotopic (exact) mass is 446 g/mol. The molecular formula is C28H31Br. The van der Waals surface area contributed by atoms with Crippen molar-refractivity contribution < 1.29 is 0 Å². The molecule has 0 saturated heterocycles. The van der Waals surface area contributed by atoms with Gasteiger partial charge in [0.2, 0.25) is 0 Å². The van der Waals surface area contributed by atoms with E-state index in [0.717, 1.165) is 0 Å². The molecule has 0 fully saturated rings. The molecule has 0 spiro atoms. The summed E-state index contributed by atoms with van der Waals surface area (Å²) >= 11 is 4.36. The van der Waals surface area contributed by atoms with Crippen LogP contribution in [0.5, 0.6) is 0 Å². The van der Waals surface area contributed by atoms with Crippen LogP contribution in [0.3, 0.4) is 0 Å². The van der Waals surface area contributed by atoms with Crippen LogP contribution >= 0.6 is 15.9 Å². The predicted molar refractivity (Wildman–Crippen MR) is 129 cm³/mol. The molecular weight excluding hydrogens is 416 g/mol. The first-order valence-corrected chi connectivity index (χ1v) is 11.4. The number of aryl methyl sites for hydroxylation is 7. The molecule has 0 aliphatic heterocycles. The predicted octanol–water partition coefficient (Wildman–Crippen LogP) is 8.00. The fraction of sp³-hybridized carbons (Fsp3) is 0.357. The summed E-state index contributed by atoms with van der Waals surface area (Å²) in [6, 6.07) is 14.4. The Morgan fingerprint density at radius 1 is 0.517 bits per heavy atom. The molecule has 0 nitrogen and oxygen atoms in total. The molecule has 0 radical (unpaired) electrons. The highest BCUT2D eigenvalue weighted by atomic mass is 79.9. The first kappa shape index (κ1) is 20.4. The van der Waals surface area contributed by atoms with E-state index in [-0.39, 0.29) is 4.32 Å². The standard InChI is InChI=1S/C28H31Br/c1-15-9-21(7)25(12-18(15)4)28(29)26-13-19(5)16(2)10-23(26)22(8)24-11-17(3)20(6)14-27(24)28/h9-14,22H,1-8H3. The lowest BCUT2D eigenvalue weighted by Gasteiger charge is -2.42. The van der Waals surface area contributed by atoms with Gasteiger partial charge in [0, 0.05) is 5.92 Å². The van der Waals surface area contributed by atoms with Gasteiger partial charge in [0.1, 0.15) is 4.32 Å². The second-order valence-corrected chi connectivity index (χ2v) is 10.4. The molecule has 0 amide bonds. The molecule has 29 heavy (non-hydrogen) atoms. The fourth-order valence-corrected chi connectivity index (χ4v) is 6.04. The molecule has 3 aromatic carbocycles. The molecule has 1 heteroatoms. The van der Waals surface area contributed by atoms with Crippen molar-refractivity contribution in [3.63, 3.8) is 0 Å². The van der Waals surface area contributed by atoms with Crippen molar-refractivity contribution in [3.05, 3.63) is 103 Å². The Balaban J connectivity index is 2.17. The van der Waals surface area contributed by atoms with E-state index >= 15 is 0 Å². The Kier molecular flexibility index (Phi) is 4.82. The van der Waals surface area contributed by atoms with Crippen molar-refractivity contribution >= 4 is 15.9 Å². The van der Waals surface area contributed by atoms with Gasteiger partial charge in [0.05, 0.1) is 0 Å². The maximum atomic E-state index is 4.36. The van der Waals surface area contributed by atoms with Crippen LogP contribution in [0, 0.1) is 48.5 Å². The van der Waals surface area contributed by atoms with Gasteiger partial charge in [-0.15, -0.1) is 0 Å². The van der Waals surface area contributed by atoms with E-state index < -0.39 is 0 Å². The fourth-order valence-electron chi connectivity index (χ4n) is 4.92. The van der Waals surface area contributed by atoms with E-state index in [2.05, 4.69) is 108 Å². The minimum absolute atomic E-state index is 0.330. The van der Waals surface area contributed by atoms with Gasteiger partial charge in [-0.2, -0.15) is 0 Å². The zero-order chi connectivity index (χ0) is 21.2. The van der Waals surface area contributed by atoms with Crippen molar-refractivity contribution in [1.82, 2.24) is 0 Å². The van der Waals surface area contributed by atoms with Gasteiger partial charge in [-0.05, 0) is 115 Å². The van der Waals surface area contributed by atoms with Gasteiger partial charge in [-0.1, -0.05) is 59.3 Å². The summed E-state index contributed by atoms with van der Waals surface area (Å²) < 4.78 is -0.330. The zero-order valence-electron chi connectivity index (χ0n) is 18.9. The minimum Gasteiger partial charge on any atom is -0.0695 e. The average Bonchev–Trinajstić information content (AvgIpc) is 2.66. The quantitative estimate of drug-likeness (QED) is 0.332. The third-order valence-electron chi connectivity index (χ3n) is 7.22. The maximum absolute atomic E-state index is 4.36.